The lowest BCUT2D eigenvalue weighted by Crippen LogP contribution is -2.06. The summed E-state index contributed by atoms with van der Waals surface area (Å²) in [5.41, 5.74) is 5.17. The Bertz CT molecular complexity index is 781. The molecule has 0 saturated heterocycles. The van der Waals surface area contributed by atoms with Crippen LogP contribution in [0.15, 0.2) is 78.9 Å². The van der Waals surface area contributed by atoms with Crippen LogP contribution in [0.3, 0.4) is 0 Å². The highest BCUT2D eigenvalue weighted by atomic mass is 16.5. The SMILES string of the molecule is c1ccc(OCCCCOC2c3ccccc3-c3ccccc32)cc1. The highest BCUT2D eigenvalue weighted by molar-refractivity contribution is 5.77. The van der Waals surface area contributed by atoms with Gasteiger partial charge in [-0.25, -0.2) is 0 Å². The molecular weight excluding hydrogens is 308 g/mol. The van der Waals surface area contributed by atoms with E-state index in [9.17, 15) is 0 Å². The van der Waals surface area contributed by atoms with Crippen molar-refractivity contribution in [2.24, 2.45) is 0 Å². The largest absolute Gasteiger partial charge is 0.494 e. The normalized spacial score (nSPS) is 12.6. The van der Waals surface area contributed by atoms with Crippen LogP contribution in [0.2, 0.25) is 0 Å². The maximum Gasteiger partial charge on any atom is 0.119 e. The fourth-order valence-corrected chi connectivity index (χ4v) is 3.40. The van der Waals surface area contributed by atoms with Gasteiger partial charge in [0.25, 0.3) is 0 Å². The second-order valence-corrected chi connectivity index (χ2v) is 6.29. The molecule has 0 unspecified atom stereocenters. The Morgan fingerprint density at radius 2 is 1.16 bits per heavy atom. The van der Waals surface area contributed by atoms with Crippen molar-refractivity contribution in [1.29, 1.82) is 0 Å². The minimum Gasteiger partial charge on any atom is -0.494 e. The first-order valence-corrected chi connectivity index (χ1v) is 8.91. The van der Waals surface area contributed by atoms with E-state index in [2.05, 4.69) is 48.5 Å². The number of ether oxygens (including phenoxy) is 2. The van der Waals surface area contributed by atoms with Crippen LogP contribution in [0.1, 0.15) is 30.1 Å². The van der Waals surface area contributed by atoms with E-state index in [-0.39, 0.29) is 6.10 Å². The van der Waals surface area contributed by atoms with Gasteiger partial charge in [-0.2, -0.15) is 0 Å². The molecule has 0 N–H and O–H groups in total. The van der Waals surface area contributed by atoms with Crippen LogP contribution in [0.25, 0.3) is 11.1 Å². The van der Waals surface area contributed by atoms with Gasteiger partial charge in [0.1, 0.15) is 11.9 Å². The first-order chi connectivity index (χ1) is 12.4. The molecule has 2 heteroatoms. The summed E-state index contributed by atoms with van der Waals surface area (Å²) in [5.74, 6) is 0.932. The second-order valence-electron chi connectivity index (χ2n) is 6.29. The van der Waals surface area contributed by atoms with Crippen LogP contribution in [0, 0.1) is 0 Å². The van der Waals surface area contributed by atoms with Crippen molar-refractivity contribution in [1.82, 2.24) is 0 Å². The maximum atomic E-state index is 6.25. The van der Waals surface area contributed by atoms with Gasteiger partial charge in [-0.3, -0.25) is 0 Å². The molecule has 0 amide bonds. The van der Waals surface area contributed by atoms with Gasteiger partial charge in [-0.1, -0.05) is 66.7 Å². The zero-order chi connectivity index (χ0) is 16.9. The van der Waals surface area contributed by atoms with Crippen LogP contribution < -0.4 is 4.74 Å². The Labute approximate surface area is 149 Å². The number of benzene rings is 3. The fourth-order valence-electron chi connectivity index (χ4n) is 3.40. The lowest BCUT2D eigenvalue weighted by molar-refractivity contribution is 0.0777. The molecule has 0 radical (unpaired) electrons. The van der Waals surface area contributed by atoms with E-state index in [0.717, 1.165) is 31.8 Å². The lowest BCUT2D eigenvalue weighted by atomic mass is 10.1. The number of fused-ring (bicyclic) bond motifs is 3. The summed E-state index contributed by atoms with van der Waals surface area (Å²) in [7, 11) is 0. The highest BCUT2D eigenvalue weighted by Gasteiger charge is 2.28. The van der Waals surface area contributed by atoms with Crippen molar-refractivity contribution in [2.45, 2.75) is 18.9 Å². The third-order valence-corrected chi connectivity index (χ3v) is 4.61. The topological polar surface area (TPSA) is 18.5 Å². The Hall–Kier alpha value is -2.58. The Morgan fingerprint density at radius 1 is 0.600 bits per heavy atom. The molecule has 1 aliphatic rings. The summed E-state index contributed by atoms with van der Waals surface area (Å²) in [6.45, 7) is 1.47. The third kappa shape index (κ3) is 3.45. The van der Waals surface area contributed by atoms with E-state index in [4.69, 9.17) is 9.47 Å². The summed E-state index contributed by atoms with van der Waals surface area (Å²) < 4.78 is 12.0. The molecule has 0 aliphatic heterocycles. The molecule has 2 nitrogen and oxygen atoms in total. The second kappa shape index (κ2) is 7.54. The summed E-state index contributed by atoms with van der Waals surface area (Å²) >= 11 is 0. The average molecular weight is 330 g/mol. The first kappa shape index (κ1) is 15.9. The molecule has 0 atom stereocenters. The Kier molecular flexibility index (Phi) is 4.80. The smallest absolute Gasteiger partial charge is 0.119 e. The molecule has 4 rings (SSSR count). The molecule has 3 aromatic carbocycles. The van der Waals surface area contributed by atoms with Gasteiger partial charge in [-0.05, 0) is 47.2 Å². The number of hydrogen-bond donors (Lipinski definition) is 0. The summed E-state index contributed by atoms with van der Waals surface area (Å²) in [6.07, 6.45) is 2.04. The molecule has 0 aromatic heterocycles. The van der Waals surface area contributed by atoms with Crippen LogP contribution in [-0.2, 0) is 4.74 Å². The summed E-state index contributed by atoms with van der Waals surface area (Å²) in [4.78, 5) is 0. The molecule has 0 bridgehead atoms. The Morgan fingerprint density at radius 3 is 1.84 bits per heavy atom. The number of unbranched alkanes of at least 4 members (excludes halogenated alkanes) is 1. The van der Waals surface area contributed by atoms with E-state index in [0.29, 0.717) is 0 Å². The molecule has 0 heterocycles. The predicted octanol–water partition coefficient (Wildman–Crippen LogP) is 5.63. The molecule has 3 aromatic rings. The molecule has 0 spiro atoms. The predicted molar refractivity (Wildman–Crippen MR) is 101 cm³/mol. The van der Waals surface area contributed by atoms with Crippen LogP contribution in [0.5, 0.6) is 5.75 Å². The van der Waals surface area contributed by atoms with Crippen molar-refractivity contribution in [3.05, 3.63) is 90.0 Å². The zero-order valence-electron chi connectivity index (χ0n) is 14.2. The fraction of sp³-hybridized carbons (Fsp3) is 0.217. The van der Waals surface area contributed by atoms with Gasteiger partial charge in [0.15, 0.2) is 0 Å². The standard InChI is InChI=1S/C23H22O2/c1-2-10-18(11-3-1)24-16-8-9-17-25-23-21-14-6-4-12-19(21)20-13-5-7-15-22(20)23/h1-7,10-15,23H,8-9,16-17H2. The van der Waals surface area contributed by atoms with Crippen molar-refractivity contribution in [3.8, 4) is 16.9 Å². The average Bonchev–Trinajstić information content (AvgIpc) is 3.00. The Balaban J connectivity index is 1.31. The van der Waals surface area contributed by atoms with Gasteiger partial charge in [0.2, 0.25) is 0 Å². The summed E-state index contributed by atoms with van der Waals surface area (Å²) in [6, 6.07) is 27.1. The summed E-state index contributed by atoms with van der Waals surface area (Å²) in [5, 5.41) is 0. The molecule has 25 heavy (non-hydrogen) atoms. The van der Waals surface area contributed by atoms with Gasteiger partial charge in [-0.15, -0.1) is 0 Å². The zero-order valence-corrected chi connectivity index (χ0v) is 14.2. The molecule has 0 saturated carbocycles. The van der Waals surface area contributed by atoms with Gasteiger partial charge in [0.05, 0.1) is 6.61 Å². The van der Waals surface area contributed by atoms with E-state index in [1.165, 1.54) is 22.3 Å². The van der Waals surface area contributed by atoms with Crippen molar-refractivity contribution in [3.63, 3.8) is 0 Å². The van der Waals surface area contributed by atoms with Gasteiger partial charge >= 0.3 is 0 Å². The van der Waals surface area contributed by atoms with E-state index in [1.807, 2.05) is 30.3 Å². The first-order valence-electron chi connectivity index (χ1n) is 8.91. The third-order valence-electron chi connectivity index (χ3n) is 4.61. The maximum absolute atomic E-state index is 6.25. The molecular formula is C23H22O2. The van der Waals surface area contributed by atoms with Crippen LogP contribution in [-0.4, -0.2) is 13.2 Å². The number of para-hydroxylation sites is 1. The molecule has 1 aliphatic carbocycles. The number of hydrogen-bond acceptors (Lipinski definition) is 2. The van der Waals surface area contributed by atoms with E-state index < -0.39 is 0 Å². The van der Waals surface area contributed by atoms with Gasteiger partial charge < -0.3 is 9.47 Å². The minimum atomic E-state index is 0.0578. The monoisotopic (exact) mass is 330 g/mol. The number of rotatable bonds is 7. The van der Waals surface area contributed by atoms with Gasteiger partial charge in [0, 0.05) is 6.61 Å². The highest BCUT2D eigenvalue weighted by Crippen LogP contribution is 2.44. The van der Waals surface area contributed by atoms with E-state index in [1.54, 1.807) is 0 Å². The van der Waals surface area contributed by atoms with Crippen molar-refractivity contribution >= 4 is 0 Å². The minimum absolute atomic E-state index is 0.0578. The van der Waals surface area contributed by atoms with Crippen LogP contribution >= 0.6 is 0 Å². The van der Waals surface area contributed by atoms with Crippen molar-refractivity contribution < 1.29 is 9.47 Å². The molecule has 0 fully saturated rings. The van der Waals surface area contributed by atoms with Crippen LogP contribution in [0.4, 0.5) is 0 Å². The van der Waals surface area contributed by atoms with Crippen molar-refractivity contribution in [2.75, 3.05) is 13.2 Å². The van der Waals surface area contributed by atoms with E-state index >= 15 is 0 Å². The lowest BCUT2D eigenvalue weighted by Gasteiger charge is -2.15. The molecule has 126 valence electrons. The quantitative estimate of drug-likeness (QED) is 0.523.